The highest BCUT2D eigenvalue weighted by atomic mass is 32.2. The molecule has 0 spiro atoms. The van der Waals surface area contributed by atoms with Crippen LogP contribution >= 0.6 is 11.3 Å². The van der Waals surface area contributed by atoms with Gasteiger partial charge in [0.25, 0.3) is 0 Å². The molecule has 1 saturated heterocycles. The van der Waals surface area contributed by atoms with Crippen LogP contribution in [0.4, 0.5) is 33.3 Å². The predicted octanol–water partition coefficient (Wildman–Crippen LogP) is 6.00. The fourth-order valence-corrected chi connectivity index (χ4v) is 7.04. The van der Waals surface area contributed by atoms with Gasteiger partial charge in [-0.2, -0.15) is 13.2 Å². The van der Waals surface area contributed by atoms with Crippen molar-refractivity contribution in [2.75, 3.05) is 23.9 Å². The van der Waals surface area contributed by atoms with Gasteiger partial charge in [-0.25, -0.2) is 27.2 Å². The Morgan fingerprint density at radius 2 is 1.77 bits per heavy atom. The standard InChI is InChI=1S/C25H27F5N4O3S2/c1-13(22(26)27)19-18(12-31-23-20(19)32-14(2)38-23)33-17-6-4-15(5-7-17)21(25(28,29)30)34(3)24(35)16-8-10-39(36,37)11-9-16/h4-7,12-13,16,21-22,33H,8-11H2,1-3H3/t13?,21-/m0/s1. The van der Waals surface area contributed by atoms with Crippen molar-refractivity contribution in [2.45, 2.75) is 51.3 Å². The number of hydrogen-bond donors (Lipinski definition) is 1. The second kappa shape index (κ2) is 11.0. The number of fused-ring (bicyclic) bond motifs is 1. The molecule has 1 aliphatic rings. The summed E-state index contributed by atoms with van der Waals surface area (Å²) in [5, 5.41) is 3.64. The molecule has 0 bridgehead atoms. The maximum Gasteiger partial charge on any atom is 0.413 e. The van der Waals surface area contributed by atoms with Crippen molar-refractivity contribution in [3.8, 4) is 0 Å². The van der Waals surface area contributed by atoms with Crippen molar-refractivity contribution in [1.29, 1.82) is 0 Å². The Kier molecular flexibility index (Phi) is 8.18. The quantitative estimate of drug-likeness (QED) is 0.340. The Balaban J connectivity index is 1.60. The molecule has 1 fully saturated rings. The maximum atomic E-state index is 14.1. The number of aromatic nitrogens is 2. The van der Waals surface area contributed by atoms with Crippen molar-refractivity contribution in [3.05, 3.63) is 46.6 Å². The number of thiazole rings is 1. The van der Waals surface area contributed by atoms with Gasteiger partial charge >= 0.3 is 6.18 Å². The van der Waals surface area contributed by atoms with Gasteiger partial charge in [0.2, 0.25) is 12.3 Å². The highest BCUT2D eigenvalue weighted by Gasteiger charge is 2.46. The third kappa shape index (κ3) is 6.32. The number of alkyl halides is 5. The van der Waals surface area contributed by atoms with Crippen molar-refractivity contribution in [2.24, 2.45) is 5.92 Å². The van der Waals surface area contributed by atoms with Gasteiger partial charge in [-0.3, -0.25) is 4.79 Å². The summed E-state index contributed by atoms with van der Waals surface area (Å²) in [7, 11) is -2.22. The number of amides is 1. The third-order valence-electron chi connectivity index (χ3n) is 6.86. The van der Waals surface area contributed by atoms with Crippen LogP contribution in [0.1, 0.15) is 47.9 Å². The normalized spacial score (nSPS) is 17.8. The minimum absolute atomic E-state index is 0.0186. The Hall–Kier alpha value is -2.87. The minimum atomic E-state index is -4.79. The van der Waals surface area contributed by atoms with E-state index < -0.39 is 46.2 Å². The van der Waals surface area contributed by atoms with Gasteiger partial charge in [-0.1, -0.05) is 30.4 Å². The second-order valence-electron chi connectivity index (χ2n) is 9.66. The molecule has 0 saturated carbocycles. The lowest BCUT2D eigenvalue weighted by atomic mass is 9.98. The number of hydrogen-bond acceptors (Lipinski definition) is 7. The van der Waals surface area contributed by atoms with Crippen molar-refractivity contribution in [3.63, 3.8) is 0 Å². The van der Waals surface area contributed by atoms with E-state index in [1.807, 2.05) is 0 Å². The van der Waals surface area contributed by atoms with Gasteiger partial charge in [0, 0.05) is 30.1 Å². The van der Waals surface area contributed by atoms with Gasteiger partial charge < -0.3 is 10.2 Å². The van der Waals surface area contributed by atoms with Crippen LogP contribution < -0.4 is 5.32 Å². The van der Waals surface area contributed by atoms with Gasteiger partial charge in [0.05, 0.1) is 28.4 Å². The fourth-order valence-electron chi connectivity index (χ4n) is 4.77. The second-order valence-corrected chi connectivity index (χ2v) is 13.1. The number of aryl methyl sites for hydroxylation is 1. The van der Waals surface area contributed by atoms with Gasteiger partial charge in [0.1, 0.15) is 20.2 Å². The van der Waals surface area contributed by atoms with Gasteiger partial charge in [-0.05, 0) is 37.5 Å². The molecule has 212 valence electrons. The number of pyridine rings is 1. The third-order valence-corrected chi connectivity index (χ3v) is 9.45. The van der Waals surface area contributed by atoms with Gasteiger partial charge in [-0.15, -0.1) is 0 Å². The molecule has 2 aromatic heterocycles. The monoisotopic (exact) mass is 590 g/mol. The maximum absolute atomic E-state index is 14.1. The molecule has 2 atom stereocenters. The molecule has 0 aliphatic carbocycles. The molecule has 7 nitrogen and oxygen atoms in total. The lowest BCUT2D eigenvalue weighted by molar-refractivity contribution is -0.190. The van der Waals surface area contributed by atoms with E-state index in [-0.39, 0.29) is 41.2 Å². The molecule has 39 heavy (non-hydrogen) atoms. The van der Waals surface area contributed by atoms with Crippen LogP contribution in [0.2, 0.25) is 0 Å². The van der Waals surface area contributed by atoms with Crippen molar-refractivity contribution < 1.29 is 35.2 Å². The van der Waals surface area contributed by atoms with Crippen molar-refractivity contribution in [1.82, 2.24) is 14.9 Å². The number of nitrogens with zero attached hydrogens (tertiary/aromatic N) is 3. The van der Waals surface area contributed by atoms with E-state index in [0.29, 0.717) is 25.9 Å². The zero-order valence-electron chi connectivity index (χ0n) is 21.3. The zero-order valence-corrected chi connectivity index (χ0v) is 22.9. The molecule has 1 aromatic carbocycles. The van der Waals surface area contributed by atoms with Crippen LogP contribution in [0, 0.1) is 12.8 Å². The summed E-state index contributed by atoms with van der Waals surface area (Å²) in [5.74, 6) is -3.22. The molecule has 1 unspecified atom stereocenters. The van der Waals surface area contributed by atoms with E-state index in [9.17, 15) is 35.2 Å². The topological polar surface area (TPSA) is 92.3 Å². The number of carbonyl (C=O) groups excluding carboxylic acids is 1. The number of halogens is 5. The number of carbonyl (C=O) groups is 1. The number of sulfone groups is 1. The summed E-state index contributed by atoms with van der Waals surface area (Å²) in [6, 6.07) is 2.91. The first-order valence-electron chi connectivity index (χ1n) is 12.1. The van der Waals surface area contributed by atoms with Crippen LogP contribution in [0.15, 0.2) is 30.5 Å². The molecule has 3 aromatic rings. The summed E-state index contributed by atoms with van der Waals surface area (Å²) in [5.41, 5.74) is 1.01. The predicted molar refractivity (Wildman–Crippen MR) is 139 cm³/mol. The number of anilines is 2. The van der Waals surface area contributed by atoms with Gasteiger partial charge in [0.15, 0.2) is 6.04 Å². The van der Waals surface area contributed by atoms with E-state index in [1.54, 1.807) is 6.92 Å². The van der Waals surface area contributed by atoms with E-state index in [0.717, 1.165) is 7.05 Å². The average Bonchev–Trinajstić information content (AvgIpc) is 3.23. The van der Waals surface area contributed by atoms with E-state index in [4.69, 9.17) is 0 Å². The Labute approximate surface area is 226 Å². The Morgan fingerprint density at radius 3 is 2.33 bits per heavy atom. The highest BCUT2D eigenvalue weighted by molar-refractivity contribution is 7.91. The van der Waals surface area contributed by atoms with Crippen LogP contribution in [-0.4, -0.2) is 60.3 Å². The van der Waals surface area contributed by atoms with Crippen LogP contribution in [0.5, 0.6) is 0 Å². The molecule has 14 heteroatoms. The molecule has 1 N–H and O–H groups in total. The molecule has 4 rings (SSSR count). The smallest absolute Gasteiger partial charge is 0.354 e. The largest absolute Gasteiger partial charge is 0.413 e. The molecule has 0 radical (unpaired) electrons. The van der Waals surface area contributed by atoms with E-state index >= 15 is 0 Å². The summed E-state index contributed by atoms with van der Waals surface area (Å²) >= 11 is 1.27. The van der Waals surface area contributed by atoms with Crippen molar-refractivity contribution >= 4 is 48.8 Å². The average molecular weight is 591 g/mol. The summed E-state index contributed by atoms with van der Waals surface area (Å²) < 4.78 is 93.1. The molecular formula is C25H27F5N4O3S2. The lowest BCUT2D eigenvalue weighted by Crippen LogP contribution is -2.44. The molecule has 1 aliphatic heterocycles. The summed E-state index contributed by atoms with van der Waals surface area (Å²) in [4.78, 5) is 22.7. The Morgan fingerprint density at radius 1 is 1.15 bits per heavy atom. The Bertz CT molecular complexity index is 1440. The summed E-state index contributed by atoms with van der Waals surface area (Å²) in [6.07, 6.45) is -6.11. The molecular weight excluding hydrogens is 563 g/mol. The molecule has 3 heterocycles. The first kappa shape index (κ1) is 29.1. The number of rotatable bonds is 7. The SMILES string of the molecule is Cc1nc2c(C(C)C(F)F)c(Nc3ccc([C@H](N(C)C(=O)C4CCS(=O)(=O)CC4)C(F)(F)F)cc3)cnc2s1. The first-order valence-corrected chi connectivity index (χ1v) is 14.8. The lowest BCUT2D eigenvalue weighted by Gasteiger charge is -2.34. The number of nitrogens with one attached hydrogen (secondary N) is 1. The summed E-state index contributed by atoms with van der Waals surface area (Å²) in [6.45, 7) is 3.11. The first-order chi connectivity index (χ1) is 18.2. The van der Waals surface area contributed by atoms with Crippen LogP contribution in [0.3, 0.4) is 0 Å². The van der Waals surface area contributed by atoms with Crippen LogP contribution in [-0.2, 0) is 14.6 Å². The van der Waals surface area contributed by atoms with Crippen LogP contribution in [0.25, 0.3) is 10.3 Å². The highest BCUT2D eigenvalue weighted by Crippen LogP contribution is 2.40. The van der Waals surface area contributed by atoms with E-state index in [1.165, 1.54) is 48.7 Å². The zero-order chi connectivity index (χ0) is 28.7. The van der Waals surface area contributed by atoms with E-state index in [2.05, 4.69) is 15.3 Å². The fraction of sp³-hybridized carbons (Fsp3) is 0.480. The molecule has 1 amide bonds. The number of benzene rings is 1. The minimum Gasteiger partial charge on any atom is -0.354 e.